The first-order valence-corrected chi connectivity index (χ1v) is 11.5. The lowest BCUT2D eigenvalue weighted by molar-refractivity contribution is -0.127. The van der Waals surface area contributed by atoms with Gasteiger partial charge in [0, 0.05) is 54.7 Å². The molecule has 1 fully saturated rings. The van der Waals surface area contributed by atoms with Crippen LogP contribution in [0, 0.1) is 0 Å². The summed E-state index contributed by atoms with van der Waals surface area (Å²) in [7, 11) is 0. The number of benzene rings is 2. The summed E-state index contributed by atoms with van der Waals surface area (Å²) >= 11 is 0. The second-order valence-corrected chi connectivity index (χ2v) is 8.25. The van der Waals surface area contributed by atoms with Gasteiger partial charge in [-0.05, 0) is 43.9 Å². The van der Waals surface area contributed by atoms with E-state index in [4.69, 9.17) is 9.15 Å². The predicted octanol–water partition coefficient (Wildman–Crippen LogP) is 5.03. The fourth-order valence-corrected chi connectivity index (χ4v) is 4.23. The van der Waals surface area contributed by atoms with Gasteiger partial charge >= 0.3 is 0 Å². The molecular formula is C27H30N2O4. The Balaban J connectivity index is 1.51. The molecule has 0 bridgehead atoms. The van der Waals surface area contributed by atoms with Crippen LogP contribution < -0.4 is 10.1 Å². The number of carbonyl (C=O) groups is 2. The molecular weight excluding hydrogens is 416 g/mol. The minimum absolute atomic E-state index is 0.154. The van der Waals surface area contributed by atoms with Gasteiger partial charge in [-0.2, -0.15) is 0 Å². The van der Waals surface area contributed by atoms with E-state index >= 15 is 0 Å². The summed E-state index contributed by atoms with van der Waals surface area (Å²) in [4.78, 5) is 26.1. The third-order valence-electron chi connectivity index (χ3n) is 5.91. The number of hydrogen-bond acceptors (Lipinski definition) is 4. The number of likely N-dealkylation sites (tertiary alicyclic amines) is 1. The highest BCUT2D eigenvalue weighted by atomic mass is 16.5. The quantitative estimate of drug-likeness (QED) is 0.370. The summed E-state index contributed by atoms with van der Waals surface area (Å²) in [6, 6.07) is 14.0. The van der Waals surface area contributed by atoms with Gasteiger partial charge in [-0.1, -0.05) is 30.3 Å². The van der Waals surface area contributed by atoms with E-state index in [-0.39, 0.29) is 11.8 Å². The van der Waals surface area contributed by atoms with Crippen LogP contribution in [0.15, 0.2) is 59.2 Å². The van der Waals surface area contributed by atoms with Crippen molar-refractivity contribution in [3.05, 3.63) is 60.4 Å². The minimum Gasteiger partial charge on any atom is -0.493 e. The monoisotopic (exact) mass is 446 g/mol. The zero-order chi connectivity index (χ0) is 23.2. The maximum Gasteiger partial charge on any atom is 0.244 e. The normalized spacial score (nSPS) is 14.2. The Morgan fingerprint density at radius 1 is 1.24 bits per heavy atom. The Bertz CT molecular complexity index is 1160. The van der Waals surface area contributed by atoms with Crippen molar-refractivity contribution >= 4 is 28.4 Å². The second-order valence-electron chi connectivity index (χ2n) is 8.25. The molecule has 1 aromatic heterocycles. The average Bonchev–Trinajstić information content (AvgIpc) is 3.42. The number of ether oxygens (including phenoxy) is 1. The lowest BCUT2D eigenvalue weighted by Crippen LogP contribution is -2.30. The van der Waals surface area contributed by atoms with E-state index in [1.54, 1.807) is 12.3 Å². The Hall–Kier alpha value is -3.54. The van der Waals surface area contributed by atoms with Crippen LogP contribution in [0.3, 0.4) is 0 Å². The molecule has 33 heavy (non-hydrogen) atoms. The lowest BCUT2D eigenvalue weighted by atomic mass is 9.99. The number of nitrogens with zero attached hydrogens (tertiary/aromatic N) is 1. The molecule has 1 saturated heterocycles. The van der Waals surface area contributed by atoms with Crippen molar-refractivity contribution in [3.63, 3.8) is 0 Å². The van der Waals surface area contributed by atoms with E-state index in [0.717, 1.165) is 52.6 Å². The van der Waals surface area contributed by atoms with Crippen LogP contribution in [-0.2, 0) is 9.59 Å². The fraction of sp³-hybridized carbons (Fsp3) is 0.333. The van der Waals surface area contributed by atoms with Gasteiger partial charge in [-0.3, -0.25) is 9.59 Å². The number of rotatable bonds is 9. The zero-order valence-corrected chi connectivity index (χ0v) is 19.2. The van der Waals surface area contributed by atoms with Crippen molar-refractivity contribution in [2.24, 2.45) is 0 Å². The van der Waals surface area contributed by atoms with Crippen LogP contribution in [0.25, 0.3) is 27.7 Å². The van der Waals surface area contributed by atoms with E-state index < -0.39 is 0 Å². The molecule has 3 aromatic rings. The Morgan fingerprint density at radius 3 is 2.79 bits per heavy atom. The molecule has 0 saturated carbocycles. The summed E-state index contributed by atoms with van der Waals surface area (Å²) in [5.74, 6) is 0.747. The molecule has 4 rings (SSSR count). The molecule has 2 amide bonds. The highest BCUT2D eigenvalue weighted by Crippen LogP contribution is 2.37. The van der Waals surface area contributed by atoms with Gasteiger partial charge in [-0.15, -0.1) is 0 Å². The third kappa shape index (κ3) is 5.28. The van der Waals surface area contributed by atoms with Gasteiger partial charge in [-0.25, -0.2) is 0 Å². The lowest BCUT2D eigenvalue weighted by Gasteiger charge is -2.15. The molecule has 0 spiro atoms. The Labute approximate surface area is 194 Å². The molecule has 172 valence electrons. The molecule has 2 aromatic carbocycles. The molecule has 6 nitrogen and oxygen atoms in total. The standard InChI is InChI=1S/C27H30N2O4/c1-3-32-24-17-25-22(23(18-33-25)20-9-5-4-6-10-20)16-21(24)19(2)15-26(30)28-12-8-14-29-13-7-11-27(29)31/h4-6,9-10,15-18H,3,7-8,11-14H2,1-2H3,(H,28,30)/b19-15+. The molecule has 0 unspecified atom stereocenters. The minimum atomic E-state index is -0.154. The van der Waals surface area contributed by atoms with Crippen molar-refractivity contribution in [1.82, 2.24) is 10.2 Å². The fourth-order valence-electron chi connectivity index (χ4n) is 4.23. The maximum absolute atomic E-state index is 12.5. The van der Waals surface area contributed by atoms with Crippen molar-refractivity contribution < 1.29 is 18.7 Å². The Kier molecular flexibility index (Phi) is 7.13. The maximum atomic E-state index is 12.5. The number of allylic oxidation sites excluding steroid dienone is 1. The average molecular weight is 447 g/mol. The first-order valence-electron chi connectivity index (χ1n) is 11.5. The van der Waals surface area contributed by atoms with Gasteiger partial charge in [0.05, 0.1) is 12.9 Å². The smallest absolute Gasteiger partial charge is 0.244 e. The molecule has 0 atom stereocenters. The SMILES string of the molecule is CCOc1cc2occ(-c3ccccc3)c2cc1/C(C)=C/C(=O)NCCCN1CCCC1=O. The molecule has 6 heteroatoms. The van der Waals surface area contributed by atoms with Crippen molar-refractivity contribution in [2.75, 3.05) is 26.2 Å². The van der Waals surface area contributed by atoms with Crippen LogP contribution in [0.2, 0.25) is 0 Å². The molecule has 2 heterocycles. The summed E-state index contributed by atoms with van der Waals surface area (Å²) in [6.07, 6.45) is 5.69. The van der Waals surface area contributed by atoms with Crippen molar-refractivity contribution in [2.45, 2.75) is 33.1 Å². The van der Waals surface area contributed by atoms with Gasteiger partial charge in [0.2, 0.25) is 11.8 Å². The van der Waals surface area contributed by atoms with Gasteiger partial charge in [0.1, 0.15) is 11.3 Å². The first-order chi connectivity index (χ1) is 16.1. The van der Waals surface area contributed by atoms with Gasteiger partial charge in [0.15, 0.2) is 0 Å². The van der Waals surface area contributed by atoms with Crippen LogP contribution in [0.5, 0.6) is 5.75 Å². The van der Waals surface area contributed by atoms with E-state index in [1.165, 1.54) is 0 Å². The number of fused-ring (bicyclic) bond motifs is 1. The number of nitrogens with one attached hydrogen (secondary N) is 1. The zero-order valence-electron chi connectivity index (χ0n) is 19.2. The van der Waals surface area contributed by atoms with Crippen LogP contribution in [0.1, 0.15) is 38.7 Å². The topological polar surface area (TPSA) is 71.8 Å². The van der Waals surface area contributed by atoms with Gasteiger partial charge in [0.25, 0.3) is 0 Å². The number of hydrogen-bond donors (Lipinski definition) is 1. The largest absolute Gasteiger partial charge is 0.493 e. The molecule has 1 aliphatic heterocycles. The van der Waals surface area contributed by atoms with Gasteiger partial charge < -0.3 is 19.4 Å². The molecule has 0 radical (unpaired) electrons. The first kappa shape index (κ1) is 22.6. The predicted molar refractivity (Wildman–Crippen MR) is 130 cm³/mol. The van der Waals surface area contributed by atoms with Crippen molar-refractivity contribution in [1.29, 1.82) is 0 Å². The number of amides is 2. The number of carbonyl (C=O) groups excluding carboxylic acids is 2. The molecule has 1 aliphatic rings. The Morgan fingerprint density at radius 2 is 2.06 bits per heavy atom. The summed E-state index contributed by atoms with van der Waals surface area (Å²) < 4.78 is 11.7. The third-order valence-corrected chi connectivity index (χ3v) is 5.91. The highest BCUT2D eigenvalue weighted by Gasteiger charge is 2.19. The van der Waals surface area contributed by atoms with E-state index in [1.807, 2.05) is 61.2 Å². The highest BCUT2D eigenvalue weighted by molar-refractivity contribution is 6.00. The van der Waals surface area contributed by atoms with E-state index in [9.17, 15) is 9.59 Å². The van der Waals surface area contributed by atoms with E-state index in [2.05, 4.69) is 5.32 Å². The van der Waals surface area contributed by atoms with Crippen LogP contribution in [-0.4, -0.2) is 43.0 Å². The molecule has 1 N–H and O–H groups in total. The van der Waals surface area contributed by atoms with Crippen molar-refractivity contribution in [3.8, 4) is 16.9 Å². The van der Waals surface area contributed by atoms with Crippen LogP contribution in [0.4, 0.5) is 0 Å². The summed E-state index contributed by atoms with van der Waals surface area (Å²) in [6.45, 7) is 6.41. The number of furan rings is 1. The summed E-state index contributed by atoms with van der Waals surface area (Å²) in [5.41, 5.74) is 4.49. The molecule has 0 aliphatic carbocycles. The second kappa shape index (κ2) is 10.4. The summed E-state index contributed by atoms with van der Waals surface area (Å²) in [5, 5.41) is 3.91. The van der Waals surface area contributed by atoms with E-state index in [0.29, 0.717) is 31.9 Å². The van der Waals surface area contributed by atoms with Crippen LogP contribution >= 0.6 is 0 Å².